The van der Waals surface area contributed by atoms with E-state index in [1.807, 2.05) is 42.2 Å². The van der Waals surface area contributed by atoms with Crippen molar-refractivity contribution >= 4 is 16.8 Å². The molecule has 0 spiro atoms. The number of nitrogens with zero attached hydrogens (tertiary/aromatic N) is 1. The van der Waals surface area contributed by atoms with Gasteiger partial charge in [-0.05, 0) is 43.5 Å². The van der Waals surface area contributed by atoms with Crippen molar-refractivity contribution in [2.45, 2.75) is 32.2 Å². The van der Waals surface area contributed by atoms with E-state index in [4.69, 9.17) is 9.47 Å². The molecule has 1 amide bonds. The number of H-pyrrole nitrogens is 1. The summed E-state index contributed by atoms with van der Waals surface area (Å²) < 4.78 is 10.9. The first-order valence-electron chi connectivity index (χ1n) is 9.70. The van der Waals surface area contributed by atoms with Crippen LogP contribution in [0.25, 0.3) is 10.9 Å². The lowest BCUT2D eigenvalue weighted by atomic mass is 10.0. The zero-order valence-corrected chi connectivity index (χ0v) is 16.6. The molecule has 1 saturated heterocycles. The highest BCUT2D eigenvalue weighted by Crippen LogP contribution is 2.39. The number of nitrogens with one attached hydrogen (secondary N) is 1. The number of hydrogen-bond donors (Lipinski definition) is 1. The number of carbonyl (C=O) groups is 1. The lowest BCUT2D eigenvalue weighted by molar-refractivity contribution is -0.131. The van der Waals surface area contributed by atoms with Gasteiger partial charge in [-0.15, -0.1) is 0 Å². The van der Waals surface area contributed by atoms with Crippen LogP contribution in [0, 0.1) is 6.92 Å². The predicted molar refractivity (Wildman–Crippen MR) is 110 cm³/mol. The zero-order valence-electron chi connectivity index (χ0n) is 16.6. The maximum absolute atomic E-state index is 13.3. The fourth-order valence-corrected chi connectivity index (χ4v) is 4.30. The first kappa shape index (κ1) is 18.4. The lowest BCUT2D eigenvalue weighted by Crippen LogP contribution is -2.32. The van der Waals surface area contributed by atoms with Crippen molar-refractivity contribution in [1.29, 1.82) is 0 Å². The van der Waals surface area contributed by atoms with Crippen LogP contribution in [0.2, 0.25) is 0 Å². The quantitative estimate of drug-likeness (QED) is 0.716. The molecule has 5 nitrogen and oxygen atoms in total. The Hall–Kier alpha value is -2.95. The number of fused-ring (bicyclic) bond motifs is 1. The highest BCUT2D eigenvalue weighted by molar-refractivity contribution is 5.90. The number of aromatic nitrogens is 1. The van der Waals surface area contributed by atoms with E-state index in [2.05, 4.69) is 17.1 Å². The maximum atomic E-state index is 13.3. The fraction of sp³-hybridized carbons (Fsp3) is 0.348. The summed E-state index contributed by atoms with van der Waals surface area (Å²) in [7, 11) is 3.30. The Kier molecular flexibility index (Phi) is 4.99. The normalized spacial score (nSPS) is 16.5. The second-order valence-corrected chi connectivity index (χ2v) is 7.30. The van der Waals surface area contributed by atoms with E-state index < -0.39 is 0 Å². The largest absolute Gasteiger partial charge is 0.497 e. The van der Waals surface area contributed by atoms with Crippen LogP contribution in [0.4, 0.5) is 0 Å². The van der Waals surface area contributed by atoms with E-state index in [-0.39, 0.29) is 11.9 Å². The van der Waals surface area contributed by atoms with Crippen LogP contribution in [0.1, 0.15) is 35.7 Å². The highest BCUT2D eigenvalue weighted by atomic mass is 16.5. The first-order valence-corrected chi connectivity index (χ1v) is 9.70. The van der Waals surface area contributed by atoms with Crippen molar-refractivity contribution in [2.24, 2.45) is 0 Å². The van der Waals surface area contributed by atoms with Gasteiger partial charge < -0.3 is 19.4 Å². The maximum Gasteiger partial charge on any atom is 0.227 e. The summed E-state index contributed by atoms with van der Waals surface area (Å²) in [6.07, 6.45) is 2.35. The minimum atomic E-state index is 0.0406. The minimum absolute atomic E-state index is 0.0406. The molecule has 2 heterocycles. The third-order valence-electron chi connectivity index (χ3n) is 5.73. The molecule has 2 aromatic carbocycles. The van der Waals surface area contributed by atoms with E-state index >= 15 is 0 Å². The smallest absolute Gasteiger partial charge is 0.227 e. The van der Waals surface area contributed by atoms with Crippen molar-refractivity contribution in [3.05, 3.63) is 59.3 Å². The van der Waals surface area contributed by atoms with Crippen molar-refractivity contribution < 1.29 is 14.3 Å². The van der Waals surface area contributed by atoms with Gasteiger partial charge >= 0.3 is 0 Å². The van der Waals surface area contributed by atoms with Gasteiger partial charge in [-0.1, -0.05) is 18.2 Å². The summed E-state index contributed by atoms with van der Waals surface area (Å²) in [4.78, 5) is 18.7. The van der Waals surface area contributed by atoms with E-state index in [9.17, 15) is 4.79 Å². The summed E-state index contributed by atoms with van der Waals surface area (Å²) in [5.41, 5.74) is 4.28. The molecule has 1 fully saturated rings. The number of hydrogen-bond acceptors (Lipinski definition) is 3. The van der Waals surface area contributed by atoms with Gasteiger partial charge in [0.25, 0.3) is 0 Å². The Morgan fingerprint density at radius 3 is 2.79 bits per heavy atom. The number of ether oxygens (including phenoxy) is 2. The molecule has 0 unspecified atom stereocenters. The van der Waals surface area contributed by atoms with Crippen LogP contribution in [-0.4, -0.2) is 36.6 Å². The molecular weight excluding hydrogens is 352 g/mol. The average Bonchev–Trinajstić information content (AvgIpc) is 3.32. The fourth-order valence-electron chi connectivity index (χ4n) is 4.30. The molecule has 4 rings (SSSR count). The number of amides is 1. The molecular formula is C23H26N2O3. The first-order chi connectivity index (χ1) is 13.6. The number of aromatic amines is 1. The lowest BCUT2D eigenvalue weighted by Gasteiger charge is -2.27. The van der Waals surface area contributed by atoms with E-state index in [1.54, 1.807) is 14.2 Å². The predicted octanol–water partition coefficient (Wildman–Crippen LogP) is 4.40. The zero-order chi connectivity index (χ0) is 19.7. The van der Waals surface area contributed by atoms with E-state index in [0.29, 0.717) is 6.42 Å². The van der Waals surface area contributed by atoms with Gasteiger partial charge in [0.05, 0.1) is 26.7 Å². The number of aryl methyl sites for hydroxylation is 1. The Balaban J connectivity index is 1.61. The molecule has 146 valence electrons. The van der Waals surface area contributed by atoms with Gasteiger partial charge in [-0.2, -0.15) is 0 Å². The monoisotopic (exact) mass is 378 g/mol. The molecule has 0 saturated carbocycles. The molecule has 1 N–H and O–H groups in total. The van der Waals surface area contributed by atoms with Crippen LogP contribution in [0.3, 0.4) is 0 Å². The van der Waals surface area contributed by atoms with Gasteiger partial charge in [-0.25, -0.2) is 0 Å². The molecule has 0 bridgehead atoms. The average molecular weight is 378 g/mol. The summed E-state index contributed by atoms with van der Waals surface area (Å²) in [6, 6.07) is 14.0. The van der Waals surface area contributed by atoms with Crippen molar-refractivity contribution in [1.82, 2.24) is 9.88 Å². The van der Waals surface area contributed by atoms with Crippen LogP contribution in [0.15, 0.2) is 42.5 Å². The van der Waals surface area contributed by atoms with Gasteiger partial charge in [-0.3, -0.25) is 4.79 Å². The number of likely N-dealkylation sites (tertiary alicyclic amines) is 1. The van der Waals surface area contributed by atoms with Gasteiger partial charge in [0.2, 0.25) is 5.91 Å². The molecule has 5 heteroatoms. The van der Waals surface area contributed by atoms with Crippen LogP contribution < -0.4 is 9.47 Å². The van der Waals surface area contributed by atoms with Crippen molar-refractivity contribution in [3.63, 3.8) is 0 Å². The second kappa shape index (κ2) is 7.58. The number of benzene rings is 2. The van der Waals surface area contributed by atoms with Crippen molar-refractivity contribution in [3.8, 4) is 11.5 Å². The molecule has 0 aliphatic carbocycles. The van der Waals surface area contributed by atoms with Gasteiger partial charge in [0.15, 0.2) is 0 Å². The van der Waals surface area contributed by atoms with Crippen molar-refractivity contribution in [2.75, 3.05) is 20.8 Å². The summed E-state index contributed by atoms with van der Waals surface area (Å²) in [5, 5.41) is 1.13. The Morgan fingerprint density at radius 1 is 1.18 bits per heavy atom. The molecule has 1 aliphatic rings. The van der Waals surface area contributed by atoms with E-state index in [0.717, 1.165) is 58.6 Å². The number of methoxy groups -OCH3 is 2. The third-order valence-corrected chi connectivity index (χ3v) is 5.73. The molecule has 28 heavy (non-hydrogen) atoms. The Labute approximate surface area is 165 Å². The van der Waals surface area contributed by atoms with E-state index in [1.165, 1.54) is 0 Å². The Bertz CT molecular complexity index is 1010. The SMILES string of the molecule is COc1ccc([C@H]2CCCN2C(=O)Cc2c(C)[nH]c3ccccc23)c(OC)c1. The molecule has 3 aromatic rings. The standard InChI is InChI=1S/C23H26N2O3/c1-15-19(17-7-4-5-8-20(17)24-15)14-23(26)25-12-6-9-21(25)18-11-10-16(27-2)13-22(18)28-3/h4-5,7-8,10-11,13,21,24H,6,9,12,14H2,1-3H3/t21-/m1/s1. The van der Waals surface area contributed by atoms with Gasteiger partial charge in [0.1, 0.15) is 11.5 Å². The molecule has 1 atom stereocenters. The molecule has 1 aromatic heterocycles. The van der Waals surface area contributed by atoms with Crippen LogP contribution in [-0.2, 0) is 11.2 Å². The number of rotatable bonds is 5. The highest BCUT2D eigenvalue weighted by Gasteiger charge is 2.32. The number of para-hydroxylation sites is 1. The van der Waals surface area contributed by atoms with Gasteiger partial charge in [0, 0.05) is 34.8 Å². The van der Waals surface area contributed by atoms with Crippen LogP contribution in [0.5, 0.6) is 11.5 Å². The topological polar surface area (TPSA) is 54.6 Å². The third kappa shape index (κ3) is 3.21. The number of carbonyl (C=O) groups excluding carboxylic acids is 1. The Morgan fingerprint density at radius 2 is 2.00 bits per heavy atom. The second-order valence-electron chi connectivity index (χ2n) is 7.30. The summed E-state index contributed by atoms with van der Waals surface area (Å²) >= 11 is 0. The van der Waals surface area contributed by atoms with Crippen LogP contribution >= 0.6 is 0 Å². The molecule has 1 aliphatic heterocycles. The summed E-state index contributed by atoms with van der Waals surface area (Å²) in [6.45, 7) is 2.82. The minimum Gasteiger partial charge on any atom is -0.497 e. The molecule has 0 radical (unpaired) electrons. The summed E-state index contributed by atoms with van der Waals surface area (Å²) in [5.74, 6) is 1.69.